The van der Waals surface area contributed by atoms with E-state index in [9.17, 15) is 19.5 Å². The van der Waals surface area contributed by atoms with Crippen LogP contribution in [0, 0.1) is 0 Å². The third kappa shape index (κ3) is 3.05. The summed E-state index contributed by atoms with van der Waals surface area (Å²) < 4.78 is 0. The van der Waals surface area contributed by atoms with Gasteiger partial charge in [0.2, 0.25) is 0 Å². The van der Waals surface area contributed by atoms with Gasteiger partial charge in [0.05, 0.1) is 11.7 Å². The van der Waals surface area contributed by atoms with Crippen LogP contribution < -0.4 is 16.2 Å². The molecule has 0 aliphatic carbocycles. The summed E-state index contributed by atoms with van der Waals surface area (Å²) in [5, 5.41) is 18.5. The maximum absolute atomic E-state index is 12.5. The lowest BCUT2D eigenvalue weighted by Crippen LogP contribution is -2.71. The molecule has 2 aliphatic heterocycles. The maximum atomic E-state index is 12.5. The van der Waals surface area contributed by atoms with Crippen LogP contribution in [-0.4, -0.2) is 57.7 Å². The van der Waals surface area contributed by atoms with E-state index in [4.69, 9.17) is 5.73 Å². The summed E-state index contributed by atoms with van der Waals surface area (Å²) in [6.07, 6.45) is 1.41. The number of carbonyl (C=O) groups is 3. The third-order valence-corrected chi connectivity index (χ3v) is 5.36. The van der Waals surface area contributed by atoms with Gasteiger partial charge in [0, 0.05) is 11.1 Å². The second-order valence-electron chi connectivity index (χ2n) is 4.95. The van der Waals surface area contributed by atoms with Gasteiger partial charge in [-0.3, -0.25) is 14.5 Å². The molecule has 0 spiro atoms. The fourth-order valence-corrected chi connectivity index (χ4v) is 4.17. The second kappa shape index (κ2) is 6.72. The highest BCUT2D eigenvalue weighted by Crippen LogP contribution is 2.37. The Hall–Kier alpha value is -2.60. The number of thiazole rings is 1. The number of rotatable bonds is 5. The Morgan fingerprint density at radius 3 is 2.92 bits per heavy atom. The van der Waals surface area contributed by atoms with Crippen LogP contribution >= 0.6 is 23.1 Å². The van der Waals surface area contributed by atoms with Crippen LogP contribution in [0.15, 0.2) is 22.3 Å². The van der Waals surface area contributed by atoms with E-state index in [1.807, 2.05) is 0 Å². The number of amides is 2. The normalized spacial score (nSPS) is 22.6. The summed E-state index contributed by atoms with van der Waals surface area (Å²) in [5.74, 6) is -2.24. The standard InChI is InChI=1S/C13H13N5O5S2/c1-23-17-7(5-4-25-13(14)15-5)9(19)16-8-10(20)18-6(12(21)22)2-3-24-11(8)18/h2,4,8,11H,3H2,1H3,(H2,14,15)(H,16,19)(H,21,22)/p-1/b17-7-/t8-,11-/m1/s1. The molecule has 1 fully saturated rings. The molecule has 1 aromatic heterocycles. The lowest BCUT2D eigenvalue weighted by Gasteiger charge is -2.49. The molecule has 0 saturated carbocycles. The number of thioether (sulfide) groups is 1. The number of carboxylic acids is 1. The van der Waals surface area contributed by atoms with Gasteiger partial charge in [-0.25, -0.2) is 4.98 Å². The summed E-state index contributed by atoms with van der Waals surface area (Å²) in [6, 6.07) is -0.876. The molecule has 0 aromatic carbocycles. The number of aromatic nitrogens is 1. The smallest absolute Gasteiger partial charge is 0.276 e. The van der Waals surface area contributed by atoms with Gasteiger partial charge in [-0.2, -0.15) is 0 Å². The van der Waals surface area contributed by atoms with Gasteiger partial charge < -0.3 is 25.8 Å². The first-order valence-corrected chi connectivity index (χ1v) is 8.86. The van der Waals surface area contributed by atoms with Crippen molar-refractivity contribution < 1.29 is 24.3 Å². The van der Waals surface area contributed by atoms with Crippen molar-refractivity contribution in [3.63, 3.8) is 0 Å². The molecule has 1 aromatic rings. The highest BCUT2D eigenvalue weighted by molar-refractivity contribution is 8.00. The number of hydrogen-bond donors (Lipinski definition) is 2. The lowest BCUT2D eigenvalue weighted by molar-refractivity contribution is -0.301. The van der Waals surface area contributed by atoms with Crippen molar-refractivity contribution in [3.05, 3.63) is 22.8 Å². The molecule has 0 unspecified atom stereocenters. The SMILES string of the molecule is CO/N=C(\C(=O)N[C@@H]1C(=O)N2C(C(=O)[O-])=CCS[C@H]12)c1csc(N)n1. The molecule has 25 heavy (non-hydrogen) atoms. The molecule has 2 atom stereocenters. The number of anilines is 1. The minimum atomic E-state index is -1.43. The largest absolute Gasteiger partial charge is 0.543 e. The number of nitrogen functional groups attached to an aromatic ring is 1. The van der Waals surface area contributed by atoms with Gasteiger partial charge in [0.1, 0.15) is 24.2 Å². The molecule has 2 aliphatic rings. The van der Waals surface area contributed by atoms with Gasteiger partial charge in [0.15, 0.2) is 10.8 Å². The van der Waals surface area contributed by atoms with E-state index < -0.39 is 29.2 Å². The molecule has 10 nitrogen and oxygen atoms in total. The van der Waals surface area contributed by atoms with Crippen molar-refractivity contribution in [1.82, 2.24) is 15.2 Å². The van der Waals surface area contributed by atoms with E-state index in [1.165, 1.54) is 30.3 Å². The van der Waals surface area contributed by atoms with Gasteiger partial charge in [-0.05, 0) is 6.08 Å². The Balaban J connectivity index is 1.75. The van der Waals surface area contributed by atoms with Crippen LogP contribution in [0.25, 0.3) is 0 Å². The van der Waals surface area contributed by atoms with Crippen LogP contribution in [0.1, 0.15) is 5.69 Å². The first kappa shape index (κ1) is 17.2. The van der Waals surface area contributed by atoms with E-state index in [1.54, 1.807) is 0 Å². The van der Waals surface area contributed by atoms with Crippen LogP contribution in [0.3, 0.4) is 0 Å². The molecule has 1 saturated heterocycles. The molecular formula is C13H12N5O5S2-. The Morgan fingerprint density at radius 1 is 1.56 bits per heavy atom. The minimum absolute atomic E-state index is 0.127. The second-order valence-corrected chi connectivity index (χ2v) is 6.99. The number of carbonyl (C=O) groups excluding carboxylic acids is 3. The zero-order valence-electron chi connectivity index (χ0n) is 12.8. The number of oxime groups is 1. The van der Waals surface area contributed by atoms with Crippen molar-refractivity contribution in [2.75, 3.05) is 18.6 Å². The van der Waals surface area contributed by atoms with E-state index in [2.05, 4.69) is 20.3 Å². The first-order chi connectivity index (χ1) is 11.9. The fraction of sp³-hybridized carbons (Fsp3) is 0.308. The molecule has 3 rings (SSSR count). The fourth-order valence-electron chi connectivity index (χ4n) is 2.43. The van der Waals surface area contributed by atoms with Crippen molar-refractivity contribution in [2.45, 2.75) is 11.4 Å². The quantitative estimate of drug-likeness (QED) is 0.341. The molecule has 0 bridgehead atoms. The molecule has 2 amide bonds. The first-order valence-electron chi connectivity index (χ1n) is 6.93. The summed E-state index contributed by atoms with van der Waals surface area (Å²) in [4.78, 5) is 45.5. The van der Waals surface area contributed by atoms with Crippen LogP contribution in [-0.2, 0) is 19.2 Å². The third-order valence-electron chi connectivity index (χ3n) is 3.50. The number of aliphatic carboxylic acids is 1. The van der Waals surface area contributed by atoms with Crippen LogP contribution in [0.5, 0.6) is 0 Å². The average Bonchev–Trinajstić information content (AvgIpc) is 3.02. The molecule has 3 heterocycles. The van der Waals surface area contributed by atoms with E-state index in [-0.39, 0.29) is 22.2 Å². The number of nitrogens with one attached hydrogen (secondary N) is 1. The maximum Gasteiger partial charge on any atom is 0.276 e. The van der Waals surface area contributed by atoms with Gasteiger partial charge in [-0.15, -0.1) is 23.1 Å². The lowest BCUT2D eigenvalue weighted by atomic mass is 10.0. The number of fused-ring (bicyclic) bond motifs is 1. The van der Waals surface area contributed by atoms with E-state index >= 15 is 0 Å². The Kier molecular flexibility index (Phi) is 4.63. The summed E-state index contributed by atoms with van der Waals surface area (Å²) in [7, 11) is 1.27. The van der Waals surface area contributed by atoms with Crippen molar-refractivity contribution in [2.24, 2.45) is 5.16 Å². The Bertz CT molecular complexity index is 804. The van der Waals surface area contributed by atoms with Gasteiger partial charge in [0.25, 0.3) is 11.8 Å². The van der Waals surface area contributed by atoms with E-state index in [0.717, 1.165) is 16.2 Å². The van der Waals surface area contributed by atoms with Gasteiger partial charge >= 0.3 is 0 Å². The van der Waals surface area contributed by atoms with Crippen molar-refractivity contribution in [3.8, 4) is 0 Å². The highest BCUT2D eigenvalue weighted by atomic mass is 32.2. The summed E-state index contributed by atoms with van der Waals surface area (Å²) in [6.45, 7) is 0. The number of β-lactam (4-membered cyclic amide) rings is 1. The zero-order chi connectivity index (χ0) is 18.1. The Morgan fingerprint density at radius 2 is 2.32 bits per heavy atom. The predicted octanol–water partition coefficient (Wildman–Crippen LogP) is -1.89. The van der Waals surface area contributed by atoms with E-state index in [0.29, 0.717) is 5.75 Å². The number of nitrogens with two attached hydrogens (primary N) is 1. The molecule has 3 N–H and O–H groups in total. The molecule has 12 heteroatoms. The molecule has 132 valence electrons. The predicted molar refractivity (Wildman–Crippen MR) is 88.2 cm³/mol. The monoisotopic (exact) mass is 382 g/mol. The van der Waals surface area contributed by atoms with Crippen molar-refractivity contribution in [1.29, 1.82) is 0 Å². The highest BCUT2D eigenvalue weighted by Gasteiger charge is 2.51. The van der Waals surface area contributed by atoms with Crippen molar-refractivity contribution >= 4 is 51.7 Å². The van der Waals surface area contributed by atoms with Crippen LogP contribution in [0.4, 0.5) is 5.13 Å². The average molecular weight is 382 g/mol. The molecular weight excluding hydrogens is 370 g/mol. The summed E-state index contributed by atoms with van der Waals surface area (Å²) >= 11 is 2.46. The summed E-state index contributed by atoms with van der Waals surface area (Å²) in [5.41, 5.74) is 5.46. The number of nitrogens with zero attached hydrogens (tertiary/aromatic N) is 3. The molecule has 0 radical (unpaired) electrons. The van der Waals surface area contributed by atoms with Gasteiger partial charge in [-0.1, -0.05) is 5.16 Å². The minimum Gasteiger partial charge on any atom is -0.543 e. The topological polar surface area (TPSA) is 150 Å². The number of hydrogen-bond acceptors (Lipinski definition) is 10. The van der Waals surface area contributed by atoms with Crippen LogP contribution in [0.2, 0.25) is 0 Å². The Labute approximate surface area is 149 Å². The zero-order valence-corrected chi connectivity index (χ0v) is 14.4. The number of carboxylic acid groups (broad SMARTS) is 1.